The minimum atomic E-state index is -3.98. The number of fused-ring (bicyclic) bond motifs is 1. The molecule has 0 fully saturated rings. The van der Waals surface area contributed by atoms with E-state index in [-0.39, 0.29) is 22.0 Å². The van der Waals surface area contributed by atoms with Crippen molar-refractivity contribution in [2.45, 2.75) is 4.90 Å². The Morgan fingerprint density at radius 2 is 1.72 bits per heavy atom. The van der Waals surface area contributed by atoms with Crippen molar-refractivity contribution in [3.05, 3.63) is 70.8 Å². The minimum absolute atomic E-state index is 0.0244. The zero-order valence-electron chi connectivity index (χ0n) is 13.2. The second-order valence-corrected chi connectivity index (χ2v) is 6.94. The maximum atomic E-state index is 12.6. The predicted molar refractivity (Wildman–Crippen MR) is 94.4 cm³/mol. The zero-order chi connectivity index (χ0) is 18.0. The van der Waals surface area contributed by atoms with E-state index < -0.39 is 14.9 Å². The predicted octanol–water partition coefficient (Wildman–Crippen LogP) is 3.56. The lowest BCUT2D eigenvalue weighted by atomic mass is 10.1. The van der Waals surface area contributed by atoms with Crippen molar-refractivity contribution < 1.29 is 18.1 Å². The standard InChI is InChI=1S/C17H14N2O5S/c1-24-14-7-9-16(17(11-14)19(20)21)18-25(22,23)15-8-6-12-4-2-3-5-13(12)10-15/h2-11,18H,1H3. The molecule has 128 valence electrons. The van der Waals surface area contributed by atoms with Gasteiger partial charge in [0, 0.05) is 0 Å². The van der Waals surface area contributed by atoms with Crippen molar-refractivity contribution in [1.29, 1.82) is 0 Å². The minimum Gasteiger partial charge on any atom is -0.496 e. The molecule has 3 rings (SSSR count). The van der Waals surface area contributed by atoms with Crippen LogP contribution in [-0.4, -0.2) is 20.5 Å². The molecule has 0 aliphatic carbocycles. The number of nitrogens with one attached hydrogen (secondary N) is 1. The molecule has 0 heterocycles. The molecule has 0 bridgehead atoms. The summed E-state index contributed by atoms with van der Waals surface area (Å²) in [5.41, 5.74) is -0.511. The third-order valence-electron chi connectivity index (χ3n) is 3.68. The van der Waals surface area contributed by atoms with Gasteiger partial charge in [0.15, 0.2) is 0 Å². The molecule has 25 heavy (non-hydrogen) atoms. The SMILES string of the molecule is COc1ccc(NS(=O)(=O)c2ccc3ccccc3c2)c([N+](=O)[O-])c1. The zero-order valence-corrected chi connectivity index (χ0v) is 14.0. The molecular formula is C17H14N2O5S. The molecular weight excluding hydrogens is 344 g/mol. The van der Waals surface area contributed by atoms with E-state index in [1.54, 1.807) is 18.2 Å². The highest BCUT2D eigenvalue weighted by Gasteiger charge is 2.22. The van der Waals surface area contributed by atoms with Crippen molar-refractivity contribution in [2.75, 3.05) is 11.8 Å². The van der Waals surface area contributed by atoms with Gasteiger partial charge in [0.05, 0.1) is 23.0 Å². The van der Waals surface area contributed by atoms with Crippen LogP contribution in [-0.2, 0) is 10.0 Å². The molecule has 3 aromatic carbocycles. The van der Waals surface area contributed by atoms with Crippen LogP contribution >= 0.6 is 0 Å². The fraction of sp³-hybridized carbons (Fsp3) is 0.0588. The van der Waals surface area contributed by atoms with Gasteiger partial charge in [0.1, 0.15) is 11.4 Å². The Kier molecular flexibility index (Phi) is 4.28. The quantitative estimate of drug-likeness (QED) is 0.555. The van der Waals surface area contributed by atoms with Gasteiger partial charge < -0.3 is 4.74 Å². The van der Waals surface area contributed by atoms with Gasteiger partial charge in [-0.1, -0.05) is 30.3 Å². The lowest BCUT2D eigenvalue weighted by Gasteiger charge is -2.10. The van der Waals surface area contributed by atoms with Gasteiger partial charge in [-0.15, -0.1) is 0 Å². The van der Waals surface area contributed by atoms with E-state index in [0.717, 1.165) is 16.8 Å². The van der Waals surface area contributed by atoms with Crippen molar-refractivity contribution in [2.24, 2.45) is 0 Å². The summed E-state index contributed by atoms with van der Waals surface area (Å²) in [5.74, 6) is 0.264. The number of anilines is 1. The van der Waals surface area contributed by atoms with Crippen molar-refractivity contribution in [3.63, 3.8) is 0 Å². The smallest absolute Gasteiger partial charge is 0.297 e. The van der Waals surface area contributed by atoms with Crippen molar-refractivity contribution >= 4 is 32.2 Å². The molecule has 0 atom stereocenters. The molecule has 0 radical (unpaired) electrons. The Morgan fingerprint density at radius 3 is 2.40 bits per heavy atom. The topological polar surface area (TPSA) is 98.5 Å². The summed E-state index contributed by atoms with van der Waals surface area (Å²) in [4.78, 5) is 10.6. The van der Waals surface area contributed by atoms with Gasteiger partial charge >= 0.3 is 0 Å². The molecule has 0 aromatic heterocycles. The summed E-state index contributed by atoms with van der Waals surface area (Å²) in [6, 6.07) is 15.9. The number of methoxy groups -OCH3 is 1. The fourth-order valence-corrected chi connectivity index (χ4v) is 3.52. The van der Waals surface area contributed by atoms with Crippen LogP contribution in [0.15, 0.2) is 65.6 Å². The number of nitro benzene ring substituents is 1. The molecule has 0 unspecified atom stereocenters. The van der Waals surface area contributed by atoms with Crippen LogP contribution in [0.3, 0.4) is 0 Å². The summed E-state index contributed by atoms with van der Waals surface area (Å²) in [7, 11) is -2.60. The second-order valence-electron chi connectivity index (χ2n) is 5.25. The van der Waals surface area contributed by atoms with E-state index in [0.29, 0.717) is 0 Å². The van der Waals surface area contributed by atoms with Gasteiger partial charge in [-0.05, 0) is 35.0 Å². The molecule has 7 nitrogen and oxygen atoms in total. The summed E-state index contributed by atoms with van der Waals surface area (Å²) in [6.45, 7) is 0. The molecule has 0 saturated heterocycles. The van der Waals surface area contributed by atoms with Gasteiger partial charge in [-0.2, -0.15) is 0 Å². The van der Waals surface area contributed by atoms with Crippen molar-refractivity contribution in [1.82, 2.24) is 0 Å². The van der Waals surface area contributed by atoms with Crippen LogP contribution in [0.5, 0.6) is 5.75 Å². The summed E-state index contributed by atoms with van der Waals surface area (Å²) >= 11 is 0. The number of rotatable bonds is 5. The van der Waals surface area contributed by atoms with Gasteiger partial charge in [0.25, 0.3) is 15.7 Å². The maximum absolute atomic E-state index is 12.6. The first-order valence-corrected chi connectivity index (χ1v) is 8.73. The molecule has 0 saturated carbocycles. The maximum Gasteiger partial charge on any atom is 0.297 e. The van der Waals surface area contributed by atoms with E-state index in [4.69, 9.17) is 4.74 Å². The fourth-order valence-electron chi connectivity index (χ4n) is 2.41. The Balaban J connectivity index is 2.02. The summed E-state index contributed by atoms with van der Waals surface area (Å²) < 4.78 is 32.4. The van der Waals surface area contributed by atoms with E-state index in [2.05, 4.69) is 4.72 Å². The number of sulfonamides is 1. The molecule has 1 N–H and O–H groups in total. The number of hydrogen-bond donors (Lipinski definition) is 1. The lowest BCUT2D eigenvalue weighted by molar-refractivity contribution is -0.384. The second kappa shape index (κ2) is 6.40. The van der Waals surface area contributed by atoms with Crippen LogP contribution in [0.4, 0.5) is 11.4 Å². The highest BCUT2D eigenvalue weighted by Crippen LogP contribution is 2.31. The third-order valence-corrected chi connectivity index (χ3v) is 5.04. The van der Waals surface area contributed by atoms with Crippen LogP contribution in [0.25, 0.3) is 10.8 Å². The Hall–Kier alpha value is -3.13. The molecule has 0 aliphatic rings. The molecule has 0 amide bonds. The lowest BCUT2D eigenvalue weighted by Crippen LogP contribution is -2.14. The molecule has 3 aromatic rings. The Bertz CT molecular complexity index is 1060. The molecule has 0 aliphatic heterocycles. The largest absolute Gasteiger partial charge is 0.496 e. The first-order valence-electron chi connectivity index (χ1n) is 7.25. The van der Waals surface area contributed by atoms with Gasteiger partial charge in [0.2, 0.25) is 0 Å². The van der Waals surface area contributed by atoms with E-state index >= 15 is 0 Å². The van der Waals surface area contributed by atoms with E-state index in [9.17, 15) is 18.5 Å². The Labute approximate surface area is 144 Å². The third kappa shape index (κ3) is 3.38. The van der Waals surface area contributed by atoms with Crippen LogP contribution in [0.1, 0.15) is 0 Å². The van der Waals surface area contributed by atoms with Crippen LogP contribution in [0.2, 0.25) is 0 Å². The number of nitrogens with zero attached hydrogens (tertiary/aromatic N) is 1. The van der Waals surface area contributed by atoms with E-state index in [1.807, 2.05) is 12.1 Å². The van der Waals surface area contributed by atoms with Gasteiger partial charge in [-0.3, -0.25) is 14.8 Å². The number of ether oxygens (including phenoxy) is 1. The van der Waals surface area contributed by atoms with Gasteiger partial charge in [-0.25, -0.2) is 8.42 Å². The number of nitro groups is 1. The van der Waals surface area contributed by atoms with Crippen LogP contribution in [0, 0.1) is 10.1 Å². The van der Waals surface area contributed by atoms with Crippen molar-refractivity contribution in [3.8, 4) is 5.75 Å². The summed E-state index contributed by atoms with van der Waals surface area (Å²) in [5, 5.41) is 12.9. The number of benzene rings is 3. The monoisotopic (exact) mass is 358 g/mol. The summed E-state index contributed by atoms with van der Waals surface area (Å²) in [6.07, 6.45) is 0. The average Bonchev–Trinajstić information content (AvgIpc) is 2.61. The Morgan fingerprint density at radius 1 is 1.00 bits per heavy atom. The normalized spacial score (nSPS) is 11.2. The molecule has 8 heteroatoms. The highest BCUT2D eigenvalue weighted by molar-refractivity contribution is 7.92. The van der Waals surface area contributed by atoms with E-state index in [1.165, 1.54) is 31.4 Å². The first-order chi connectivity index (χ1) is 11.9. The number of hydrogen-bond acceptors (Lipinski definition) is 5. The average molecular weight is 358 g/mol. The first kappa shape index (κ1) is 16.7. The highest BCUT2D eigenvalue weighted by atomic mass is 32.2. The molecule has 0 spiro atoms. The van der Waals surface area contributed by atoms with Crippen LogP contribution < -0.4 is 9.46 Å².